The maximum Gasteiger partial charge on any atom is 0.253 e. The summed E-state index contributed by atoms with van der Waals surface area (Å²) in [5, 5.41) is 6.24. The third kappa shape index (κ3) is 4.43. The number of hydrogen-bond acceptors (Lipinski definition) is 5. The van der Waals surface area contributed by atoms with Gasteiger partial charge in [-0.2, -0.15) is 0 Å². The van der Waals surface area contributed by atoms with Gasteiger partial charge in [-0.05, 0) is 25.3 Å². The molecular weight excluding hydrogens is 314 g/mol. The van der Waals surface area contributed by atoms with Gasteiger partial charge >= 0.3 is 0 Å². The molecule has 2 aliphatic rings. The normalized spacial score (nSPS) is 24.3. The Balaban J connectivity index is 1.61. The summed E-state index contributed by atoms with van der Waals surface area (Å²) in [5.74, 6) is -0.0713. The van der Waals surface area contributed by atoms with Crippen LogP contribution in [0.25, 0.3) is 0 Å². The lowest BCUT2D eigenvalue weighted by atomic mass is 9.95. The first kappa shape index (κ1) is 16.2. The van der Waals surface area contributed by atoms with Gasteiger partial charge in [0.2, 0.25) is 0 Å². The molecule has 1 saturated carbocycles. The van der Waals surface area contributed by atoms with E-state index < -0.39 is 9.84 Å². The van der Waals surface area contributed by atoms with Gasteiger partial charge in [0.05, 0.1) is 22.8 Å². The number of nitrogens with zero attached hydrogens (tertiary/aromatic N) is 1. The average molecular weight is 337 g/mol. The van der Waals surface area contributed by atoms with Crippen molar-refractivity contribution in [1.82, 2.24) is 10.3 Å². The molecule has 1 aromatic rings. The van der Waals surface area contributed by atoms with E-state index in [2.05, 4.69) is 15.6 Å². The van der Waals surface area contributed by atoms with Crippen molar-refractivity contribution in [2.45, 2.75) is 50.6 Å². The summed E-state index contributed by atoms with van der Waals surface area (Å²) in [6.45, 7) is 0. The van der Waals surface area contributed by atoms with Gasteiger partial charge in [0.1, 0.15) is 0 Å². The van der Waals surface area contributed by atoms with Crippen LogP contribution in [0.1, 0.15) is 48.9 Å². The summed E-state index contributed by atoms with van der Waals surface area (Å²) >= 11 is 0. The van der Waals surface area contributed by atoms with Gasteiger partial charge < -0.3 is 10.6 Å². The van der Waals surface area contributed by atoms with Crippen molar-refractivity contribution in [1.29, 1.82) is 0 Å². The number of aromatic nitrogens is 1. The molecule has 6 nitrogen and oxygen atoms in total. The predicted molar refractivity (Wildman–Crippen MR) is 89.3 cm³/mol. The van der Waals surface area contributed by atoms with Crippen LogP contribution in [0.15, 0.2) is 18.5 Å². The molecular formula is C16H23N3O3S. The van der Waals surface area contributed by atoms with E-state index in [0.29, 0.717) is 18.0 Å². The van der Waals surface area contributed by atoms with Gasteiger partial charge in [0.25, 0.3) is 5.91 Å². The van der Waals surface area contributed by atoms with Gasteiger partial charge in [-0.25, -0.2) is 8.42 Å². The second-order valence-corrected chi connectivity index (χ2v) is 8.74. The molecule has 2 heterocycles. The topological polar surface area (TPSA) is 88.2 Å². The van der Waals surface area contributed by atoms with Crippen molar-refractivity contribution >= 4 is 21.4 Å². The minimum absolute atomic E-state index is 0.0339. The minimum atomic E-state index is -2.99. The number of pyridine rings is 1. The van der Waals surface area contributed by atoms with Crippen LogP contribution in [0.4, 0.5) is 5.69 Å². The van der Waals surface area contributed by atoms with Gasteiger partial charge in [0.15, 0.2) is 9.84 Å². The smallest absolute Gasteiger partial charge is 0.253 e. The molecule has 1 aromatic heterocycles. The minimum Gasteiger partial charge on any atom is -0.381 e. The maximum atomic E-state index is 12.3. The zero-order chi connectivity index (χ0) is 16.3. The maximum absolute atomic E-state index is 12.3. The van der Waals surface area contributed by atoms with E-state index in [1.165, 1.54) is 25.5 Å². The molecule has 1 saturated heterocycles. The van der Waals surface area contributed by atoms with E-state index >= 15 is 0 Å². The zero-order valence-electron chi connectivity index (χ0n) is 13.1. The number of rotatable bonds is 4. The number of carbonyl (C=O) groups excluding carboxylic acids is 1. The summed E-state index contributed by atoms with van der Waals surface area (Å²) in [6, 6.07) is 1.95. The molecule has 0 aromatic carbocycles. The molecule has 1 atom stereocenters. The van der Waals surface area contributed by atoms with Crippen molar-refractivity contribution in [3.8, 4) is 0 Å². The largest absolute Gasteiger partial charge is 0.381 e. The number of nitrogens with one attached hydrogen (secondary N) is 2. The van der Waals surface area contributed by atoms with Crippen LogP contribution in [-0.4, -0.2) is 42.9 Å². The summed E-state index contributed by atoms with van der Waals surface area (Å²) in [4.78, 5) is 16.4. The van der Waals surface area contributed by atoms with E-state index in [4.69, 9.17) is 0 Å². The molecule has 0 radical (unpaired) electrons. The molecule has 3 rings (SSSR count). The fourth-order valence-corrected chi connectivity index (χ4v) is 4.98. The van der Waals surface area contributed by atoms with E-state index in [0.717, 1.165) is 18.5 Å². The summed E-state index contributed by atoms with van der Waals surface area (Å²) < 4.78 is 22.9. The van der Waals surface area contributed by atoms with Gasteiger partial charge in [0, 0.05) is 24.5 Å². The quantitative estimate of drug-likeness (QED) is 0.874. The number of anilines is 1. The van der Waals surface area contributed by atoms with Crippen molar-refractivity contribution < 1.29 is 13.2 Å². The Hall–Kier alpha value is -1.63. The standard InChI is InChI=1S/C16H23N3O3S/c20-16(19-14-6-7-23(21,22)11-14)12-8-15(10-17-9-12)18-13-4-2-1-3-5-13/h8-10,13-14,18H,1-7,11H2,(H,19,20). The summed E-state index contributed by atoms with van der Waals surface area (Å²) in [7, 11) is -2.99. The summed E-state index contributed by atoms with van der Waals surface area (Å²) in [6.07, 6.45) is 9.80. The van der Waals surface area contributed by atoms with Crippen molar-refractivity contribution in [2.24, 2.45) is 0 Å². The second-order valence-electron chi connectivity index (χ2n) is 6.51. The van der Waals surface area contributed by atoms with Gasteiger partial charge in [-0.3, -0.25) is 9.78 Å². The van der Waals surface area contributed by atoms with Crippen LogP contribution in [0.3, 0.4) is 0 Å². The highest BCUT2D eigenvalue weighted by Crippen LogP contribution is 2.21. The lowest BCUT2D eigenvalue weighted by Crippen LogP contribution is -2.35. The van der Waals surface area contributed by atoms with E-state index in [1.807, 2.05) is 0 Å². The van der Waals surface area contributed by atoms with Crippen LogP contribution < -0.4 is 10.6 Å². The zero-order valence-corrected chi connectivity index (χ0v) is 13.9. The fourth-order valence-electron chi connectivity index (χ4n) is 3.30. The molecule has 7 heteroatoms. The summed E-state index contributed by atoms with van der Waals surface area (Å²) in [5.41, 5.74) is 1.32. The van der Waals surface area contributed by atoms with Crippen LogP contribution >= 0.6 is 0 Å². The molecule has 1 aliphatic heterocycles. The van der Waals surface area contributed by atoms with Crippen molar-refractivity contribution in [3.63, 3.8) is 0 Å². The third-order valence-electron chi connectivity index (χ3n) is 4.54. The number of amides is 1. The number of carbonyl (C=O) groups is 1. The van der Waals surface area contributed by atoms with E-state index in [1.54, 1.807) is 12.3 Å². The van der Waals surface area contributed by atoms with Crippen LogP contribution in [0.5, 0.6) is 0 Å². The molecule has 23 heavy (non-hydrogen) atoms. The molecule has 2 N–H and O–H groups in total. The Morgan fingerprint density at radius 1 is 1.09 bits per heavy atom. The first-order valence-corrected chi connectivity index (χ1v) is 10.1. The number of sulfone groups is 1. The Bertz CT molecular complexity index is 669. The Labute approximate surface area is 137 Å². The highest BCUT2D eigenvalue weighted by atomic mass is 32.2. The van der Waals surface area contributed by atoms with Crippen molar-refractivity contribution in [3.05, 3.63) is 24.0 Å². The Morgan fingerprint density at radius 2 is 1.87 bits per heavy atom. The first-order chi connectivity index (χ1) is 11.0. The first-order valence-electron chi connectivity index (χ1n) is 8.25. The van der Waals surface area contributed by atoms with Crippen LogP contribution in [0.2, 0.25) is 0 Å². The Kier molecular flexibility index (Phi) is 4.84. The molecule has 0 bridgehead atoms. The SMILES string of the molecule is O=C(NC1CCS(=O)(=O)C1)c1cncc(NC2CCCCC2)c1. The van der Waals surface area contributed by atoms with Crippen LogP contribution in [-0.2, 0) is 9.84 Å². The van der Waals surface area contributed by atoms with Crippen LogP contribution in [0, 0.1) is 0 Å². The molecule has 1 amide bonds. The molecule has 2 fully saturated rings. The lowest BCUT2D eigenvalue weighted by Gasteiger charge is -2.23. The van der Waals surface area contributed by atoms with E-state index in [-0.39, 0.29) is 23.5 Å². The molecule has 1 aliphatic carbocycles. The highest BCUT2D eigenvalue weighted by molar-refractivity contribution is 7.91. The monoisotopic (exact) mass is 337 g/mol. The van der Waals surface area contributed by atoms with Crippen molar-refractivity contribution in [2.75, 3.05) is 16.8 Å². The third-order valence-corrected chi connectivity index (χ3v) is 6.31. The second kappa shape index (κ2) is 6.86. The molecule has 126 valence electrons. The fraction of sp³-hybridized carbons (Fsp3) is 0.625. The molecule has 1 unspecified atom stereocenters. The highest BCUT2D eigenvalue weighted by Gasteiger charge is 2.29. The average Bonchev–Trinajstić information content (AvgIpc) is 2.87. The predicted octanol–water partition coefficient (Wildman–Crippen LogP) is 1.74. The lowest BCUT2D eigenvalue weighted by molar-refractivity contribution is 0.0941. The number of hydrogen-bond donors (Lipinski definition) is 2. The van der Waals surface area contributed by atoms with Gasteiger partial charge in [-0.15, -0.1) is 0 Å². The molecule has 0 spiro atoms. The van der Waals surface area contributed by atoms with E-state index in [9.17, 15) is 13.2 Å². The van der Waals surface area contributed by atoms with Gasteiger partial charge in [-0.1, -0.05) is 19.3 Å². The Morgan fingerprint density at radius 3 is 2.57 bits per heavy atom.